The van der Waals surface area contributed by atoms with Crippen molar-refractivity contribution in [1.29, 1.82) is 0 Å². The first-order valence-corrected chi connectivity index (χ1v) is 8.47. The Hall–Kier alpha value is -1.37. The summed E-state index contributed by atoms with van der Waals surface area (Å²) in [6, 6.07) is 6.64. The monoisotopic (exact) mass is 326 g/mol. The molecule has 1 saturated carbocycles. The molecule has 1 aliphatic carbocycles. The topological polar surface area (TPSA) is 63.4 Å². The minimum Gasteiger partial charge on any atom is -0.465 e. The molecule has 0 unspecified atom stereocenters. The van der Waals surface area contributed by atoms with E-state index in [1.54, 1.807) is 6.07 Å². The predicted octanol–water partition coefficient (Wildman–Crippen LogP) is 2.99. The third kappa shape index (κ3) is 3.12. The van der Waals surface area contributed by atoms with E-state index in [2.05, 4.69) is 4.98 Å². The predicted molar refractivity (Wildman–Crippen MR) is 78.4 cm³/mol. The van der Waals surface area contributed by atoms with Crippen LogP contribution in [-0.2, 0) is 16.6 Å². The number of aromatic nitrogens is 1. The summed E-state index contributed by atoms with van der Waals surface area (Å²) in [7, 11) is -3.59. The van der Waals surface area contributed by atoms with Gasteiger partial charge in [0.25, 0.3) is 0 Å². The summed E-state index contributed by atoms with van der Waals surface area (Å²) >= 11 is 5.71. The molecule has 1 fully saturated rings. The van der Waals surface area contributed by atoms with Crippen LogP contribution < -0.4 is 0 Å². The summed E-state index contributed by atoms with van der Waals surface area (Å²) in [6.07, 6.45) is 3.04. The van der Waals surface area contributed by atoms with E-state index in [4.69, 9.17) is 16.0 Å². The van der Waals surface area contributed by atoms with Crippen LogP contribution in [0.4, 0.5) is 0 Å². The first-order valence-electron chi connectivity index (χ1n) is 6.65. The molecule has 0 N–H and O–H groups in total. The number of pyridine rings is 1. The van der Waals surface area contributed by atoms with E-state index < -0.39 is 10.0 Å². The molecule has 5 nitrogen and oxygen atoms in total. The van der Waals surface area contributed by atoms with Gasteiger partial charge < -0.3 is 4.42 Å². The Morgan fingerprint density at radius 2 is 2.10 bits per heavy atom. The van der Waals surface area contributed by atoms with Crippen molar-refractivity contribution in [3.63, 3.8) is 0 Å². The second-order valence-corrected chi connectivity index (χ2v) is 7.39. The van der Waals surface area contributed by atoms with Crippen molar-refractivity contribution >= 4 is 21.6 Å². The highest BCUT2D eigenvalue weighted by Gasteiger charge is 2.38. The number of rotatable bonds is 5. The molecule has 21 heavy (non-hydrogen) atoms. The van der Waals surface area contributed by atoms with E-state index in [1.165, 1.54) is 22.6 Å². The van der Waals surface area contributed by atoms with E-state index in [0.29, 0.717) is 5.76 Å². The van der Waals surface area contributed by atoms with Gasteiger partial charge in [-0.2, -0.15) is 4.31 Å². The number of nitrogens with zero attached hydrogens (tertiary/aromatic N) is 2. The van der Waals surface area contributed by atoms with E-state index in [9.17, 15) is 8.42 Å². The molecular formula is C14H15ClN2O3S. The molecule has 2 aromatic heterocycles. The van der Waals surface area contributed by atoms with E-state index in [-0.39, 0.29) is 22.6 Å². The smallest absolute Gasteiger partial charge is 0.245 e. The van der Waals surface area contributed by atoms with Gasteiger partial charge >= 0.3 is 0 Å². The lowest BCUT2D eigenvalue weighted by atomic mass is 10.4. The van der Waals surface area contributed by atoms with Gasteiger partial charge in [-0.05, 0) is 44.0 Å². The van der Waals surface area contributed by atoms with Crippen molar-refractivity contribution < 1.29 is 12.8 Å². The van der Waals surface area contributed by atoms with Gasteiger partial charge in [0, 0.05) is 12.2 Å². The molecule has 1 aliphatic rings. The Labute approximate surface area is 128 Å². The largest absolute Gasteiger partial charge is 0.465 e. The molecule has 0 amide bonds. The van der Waals surface area contributed by atoms with Crippen molar-refractivity contribution in [1.82, 2.24) is 9.29 Å². The summed E-state index contributed by atoms with van der Waals surface area (Å²) in [5.41, 5.74) is 0. The summed E-state index contributed by atoms with van der Waals surface area (Å²) in [5, 5.41) is 0.272. The molecular weight excluding hydrogens is 312 g/mol. The molecule has 0 saturated heterocycles. The lowest BCUT2D eigenvalue weighted by molar-refractivity contribution is 0.351. The zero-order valence-electron chi connectivity index (χ0n) is 11.5. The first kappa shape index (κ1) is 14.6. The Morgan fingerprint density at radius 1 is 1.33 bits per heavy atom. The van der Waals surface area contributed by atoms with Crippen LogP contribution >= 0.6 is 11.6 Å². The van der Waals surface area contributed by atoms with Crippen LogP contribution in [0.5, 0.6) is 0 Å². The number of furan rings is 1. The Balaban J connectivity index is 1.90. The van der Waals surface area contributed by atoms with Crippen LogP contribution in [0.3, 0.4) is 0 Å². The lowest BCUT2D eigenvalue weighted by Crippen LogP contribution is -2.32. The van der Waals surface area contributed by atoms with Crippen molar-refractivity contribution in [3.8, 4) is 0 Å². The van der Waals surface area contributed by atoms with Gasteiger partial charge in [-0.25, -0.2) is 13.4 Å². The zero-order valence-corrected chi connectivity index (χ0v) is 13.1. The van der Waals surface area contributed by atoms with Gasteiger partial charge in [0.2, 0.25) is 10.0 Å². The fourth-order valence-corrected chi connectivity index (χ4v) is 3.86. The molecule has 0 aromatic carbocycles. The molecule has 0 spiro atoms. The average Bonchev–Trinajstić information content (AvgIpc) is 3.19. The molecule has 0 radical (unpaired) electrons. The van der Waals surface area contributed by atoms with Gasteiger partial charge in [0.1, 0.15) is 21.6 Å². The highest BCUT2D eigenvalue weighted by atomic mass is 35.5. The summed E-state index contributed by atoms with van der Waals surface area (Å²) in [5.74, 6) is 1.41. The van der Waals surface area contributed by atoms with Gasteiger partial charge in [-0.3, -0.25) is 0 Å². The Kier molecular flexibility index (Phi) is 3.77. The SMILES string of the molecule is Cc1ccc(CN(C2CC2)S(=O)(=O)c2ccc(Cl)nc2)o1. The van der Waals surface area contributed by atoms with E-state index >= 15 is 0 Å². The van der Waals surface area contributed by atoms with Crippen molar-refractivity contribution in [2.24, 2.45) is 0 Å². The molecule has 3 rings (SSSR count). The maximum atomic E-state index is 12.7. The number of aryl methyl sites for hydroxylation is 1. The highest BCUT2D eigenvalue weighted by Crippen LogP contribution is 2.33. The first-order chi connectivity index (χ1) is 9.96. The standard InChI is InChI=1S/C14H15ClN2O3S/c1-10-2-5-12(20-10)9-17(11-3-4-11)21(18,19)13-6-7-14(15)16-8-13/h2,5-8,11H,3-4,9H2,1H3. The zero-order chi connectivity index (χ0) is 15.0. The van der Waals surface area contributed by atoms with Gasteiger partial charge in [-0.1, -0.05) is 11.6 Å². The van der Waals surface area contributed by atoms with Crippen LogP contribution in [0.15, 0.2) is 39.8 Å². The fourth-order valence-electron chi connectivity index (χ4n) is 2.15. The second kappa shape index (κ2) is 5.44. The quantitative estimate of drug-likeness (QED) is 0.792. The molecule has 0 atom stereocenters. The normalized spacial score (nSPS) is 15.6. The average molecular weight is 327 g/mol. The molecule has 7 heteroatoms. The maximum Gasteiger partial charge on any atom is 0.245 e. The molecule has 2 heterocycles. The minimum atomic E-state index is -3.59. The van der Waals surface area contributed by atoms with Crippen LogP contribution in [0, 0.1) is 6.92 Å². The third-order valence-electron chi connectivity index (χ3n) is 3.37. The number of sulfonamides is 1. The Bertz CT molecular complexity index is 736. The Morgan fingerprint density at radius 3 is 2.62 bits per heavy atom. The van der Waals surface area contributed by atoms with Crippen LogP contribution in [0.2, 0.25) is 5.15 Å². The third-order valence-corrected chi connectivity index (χ3v) is 5.47. The number of hydrogen-bond donors (Lipinski definition) is 0. The minimum absolute atomic E-state index is 0.0380. The van der Waals surface area contributed by atoms with E-state index in [0.717, 1.165) is 18.6 Å². The number of halogens is 1. The van der Waals surface area contributed by atoms with Gasteiger partial charge in [0.05, 0.1) is 6.54 Å². The van der Waals surface area contributed by atoms with Crippen LogP contribution in [0.1, 0.15) is 24.4 Å². The lowest BCUT2D eigenvalue weighted by Gasteiger charge is -2.20. The molecule has 2 aromatic rings. The van der Waals surface area contributed by atoms with Gasteiger partial charge in [-0.15, -0.1) is 0 Å². The molecule has 0 bridgehead atoms. The van der Waals surface area contributed by atoms with Crippen LogP contribution in [-0.4, -0.2) is 23.7 Å². The summed E-state index contributed by atoms with van der Waals surface area (Å²) in [6.45, 7) is 2.08. The van der Waals surface area contributed by atoms with Gasteiger partial charge in [0.15, 0.2) is 0 Å². The maximum absolute atomic E-state index is 12.7. The van der Waals surface area contributed by atoms with Crippen molar-refractivity contribution in [3.05, 3.63) is 47.1 Å². The van der Waals surface area contributed by atoms with Crippen LogP contribution in [0.25, 0.3) is 0 Å². The molecule has 0 aliphatic heterocycles. The fraction of sp³-hybridized carbons (Fsp3) is 0.357. The van der Waals surface area contributed by atoms with Crippen molar-refractivity contribution in [2.45, 2.75) is 37.2 Å². The highest BCUT2D eigenvalue weighted by molar-refractivity contribution is 7.89. The molecule has 112 valence electrons. The van der Waals surface area contributed by atoms with E-state index in [1.807, 2.05) is 13.0 Å². The van der Waals surface area contributed by atoms with Crippen molar-refractivity contribution in [2.75, 3.05) is 0 Å². The number of hydrogen-bond acceptors (Lipinski definition) is 4. The summed E-state index contributed by atoms with van der Waals surface area (Å²) in [4.78, 5) is 4.01. The summed E-state index contributed by atoms with van der Waals surface area (Å²) < 4.78 is 32.5. The second-order valence-electron chi connectivity index (χ2n) is 5.11.